The number of rotatable bonds is 7. The van der Waals surface area contributed by atoms with E-state index < -0.39 is 32.0 Å². The van der Waals surface area contributed by atoms with Crippen LogP contribution in [0.5, 0.6) is 5.75 Å². The molecule has 3 rings (SSSR count). The second kappa shape index (κ2) is 10.1. The SMILES string of the molecule is COc1ccc(N([C@H](C)C(=O)N2CCN(S(=O)(=O)c3ccc(C)cc3)CC2)S(C)(=O)=O)cc1Cl. The van der Waals surface area contributed by atoms with Crippen molar-refractivity contribution >= 4 is 43.2 Å². The van der Waals surface area contributed by atoms with Crippen LogP contribution in [0.2, 0.25) is 5.02 Å². The quantitative estimate of drug-likeness (QED) is 0.545. The Morgan fingerprint density at radius 1 is 1.03 bits per heavy atom. The summed E-state index contributed by atoms with van der Waals surface area (Å²) in [6.07, 6.45) is 1.01. The van der Waals surface area contributed by atoms with Crippen LogP contribution in [0.3, 0.4) is 0 Å². The Morgan fingerprint density at radius 2 is 1.62 bits per heavy atom. The van der Waals surface area contributed by atoms with Gasteiger partial charge in [-0.15, -0.1) is 0 Å². The monoisotopic (exact) mass is 529 g/mol. The lowest BCUT2D eigenvalue weighted by Crippen LogP contribution is -2.56. The van der Waals surface area contributed by atoms with Crippen molar-refractivity contribution in [3.8, 4) is 5.75 Å². The Bertz CT molecular complexity index is 1260. The summed E-state index contributed by atoms with van der Waals surface area (Å²) in [4.78, 5) is 14.9. The molecular weight excluding hydrogens is 502 g/mol. The van der Waals surface area contributed by atoms with Gasteiger partial charge in [-0.05, 0) is 44.2 Å². The second-order valence-corrected chi connectivity index (χ2v) is 12.3. The average Bonchev–Trinajstić information content (AvgIpc) is 2.78. The Hall–Kier alpha value is -2.34. The van der Waals surface area contributed by atoms with Gasteiger partial charge in [0.05, 0.1) is 29.0 Å². The average molecular weight is 530 g/mol. The van der Waals surface area contributed by atoms with Gasteiger partial charge in [0.1, 0.15) is 11.8 Å². The highest BCUT2D eigenvalue weighted by molar-refractivity contribution is 7.92. The molecule has 9 nitrogen and oxygen atoms in total. The number of benzene rings is 2. The van der Waals surface area contributed by atoms with Gasteiger partial charge in [-0.2, -0.15) is 4.31 Å². The maximum atomic E-state index is 13.2. The van der Waals surface area contributed by atoms with Crippen molar-refractivity contribution in [1.29, 1.82) is 0 Å². The van der Waals surface area contributed by atoms with Gasteiger partial charge >= 0.3 is 0 Å². The van der Waals surface area contributed by atoms with E-state index in [4.69, 9.17) is 16.3 Å². The number of halogens is 1. The zero-order chi connectivity index (χ0) is 25.3. The van der Waals surface area contributed by atoms with Crippen molar-refractivity contribution in [2.24, 2.45) is 0 Å². The van der Waals surface area contributed by atoms with Crippen molar-refractivity contribution in [3.05, 3.63) is 53.1 Å². The van der Waals surface area contributed by atoms with E-state index in [1.165, 1.54) is 41.4 Å². The molecule has 0 radical (unpaired) electrons. The molecule has 0 bridgehead atoms. The highest BCUT2D eigenvalue weighted by atomic mass is 35.5. The van der Waals surface area contributed by atoms with E-state index >= 15 is 0 Å². The summed E-state index contributed by atoms with van der Waals surface area (Å²) in [6, 6.07) is 10.0. The molecule has 1 aliphatic heterocycles. The fraction of sp³-hybridized carbons (Fsp3) is 0.409. The number of amides is 1. The molecule has 1 aliphatic rings. The summed E-state index contributed by atoms with van der Waals surface area (Å²) >= 11 is 6.17. The van der Waals surface area contributed by atoms with Crippen LogP contribution in [0.1, 0.15) is 12.5 Å². The molecule has 0 saturated carbocycles. The predicted molar refractivity (Wildman–Crippen MR) is 131 cm³/mol. The largest absolute Gasteiger partial charge is 0.495 e. The fourth-order valence-corrected chi connectivity index (χ4v) is 6.70. The number of methoxy groups -OCH3 is 1. The number of ether oxygens (including phenoxy) is 1. The number of carbonyl (C=O) groups excluding carboxylic acids is 1. The van der Waals surface area contributed by atoms with Gasteiger partial charge in [0.25, 0.3) is 0 Å². The third kappa shape index (κ3) is 5.48. The molecule has 1 heterocycles. The van der Waals surface area contributed by atoms with Gasteiger partial charge in [0, 0.05) is 26.2 Å². The van der Waals surface area contributed by atoms with Crippen molar-refractivity contribution in [1.82, 2.24) is 9.21 Å². The molecule has 0 aliphatic carbocycles. The summed E-state index contributed by atoms with van der Waals surface area (Å²) in [5, 5.41) is 0.211. The highest BCUT2D eigenvalue weighted by Gasteiger charge is 2.36. The van der Waals surface area contributed by atoms with Gasteiger partial charge in [-0.1, -0.05) is 29.3 Å². The Balaban J connectivity index is 1.76. The van der Waals surface area contributed by atoms with Gasteiger partial charge in [0.15, 0.2) is 0 Å². The molecule has 1 saturated heterocycles. The molecular formula is C22H28ClN3O6S2. The highest BCUT2D eigenvalue weighted by Crippen LogP contribution is 2.31. The molecule has 186 valence electrons. The zero-order valence-corrected chi connectivity index (χ0v) is 21.8. The topological polar surface area (TPSA) is 104 Å². The summed E-state index contributed by atoms with van der Waals surface area (Å²) in [5.41, 5.74) is 1.19. The molecule has 0 aromatic heterocycles. The van der Waals surface area contributed by atoms with Gasteiger partial charge in [-0.25, -0.2) is 16.8 Å². The van der Waals surface area contributed by atoms with E-state index in [1.54, 1.807) is 24.3 Å². The van der Waals surface area contributed by atoms with Crippen LogP contribution in [0, 0.1) is 6.92 Å². The Kier molecular flexibility index (Phi) is 7.81. The van der Waals surface area contributed by atoms with Crippen LogP contribution in [0.25, 0.3) is 0 Å². The number of aryl methyl sites for hydroxylation is 1. The second-order valence-electron chi connectivity index (χ2n) is 8.10. The third-order valence-electron chi connectivity index (χ3n) is 5.67. The fourth-order valence-electron chi connectivity index (χ4n) is 3.87. The molecule has 1 atom stereocenters. The Morgan fingerprint density at radius 3 is 2.12 bits per heavy atom. The van der Waals surface area contributed by atoms with Crippen LogP contribution in [-0.4, -0.2) is 77.5 Å². The number of hydrogen-bond acceptors (Lipinski definition) is 6. The van der Waals surface area contributed by atoms with Crippen molar-refractivity contribution in [2.45, 2.75) is 24.8 Å². The molecule has 1 amide bonds. The summed E-state index contributed by atoms with van der Waals surface area (Å²) in [6.45, 7) is 3.90. The first kappa shape index (κ1) is 26.3. The number of sulfonamides is 2. The maximum Gasteiger partial charge on any atom is 0.246 e. The summed E-state index contributed by atoms with van der Waals surface area (Å²) in [7, 11) is -6.07. The third-order valence-corrected chi connectivity index (χ3v) is 9.12. The van der Waals surface area contributed by atoms with Crippen molar-refractivity contribution in [3.63, 3.8) is 0 Å². The standard InChI is InChI=1S/C22H28ClN3O6S2/c1-16-5-8-19(9-6-16)34(30,31)25-13-11-24(12-14-25)22(27)17(2)26(33(4,28)29)18-7-10-21(32-3)20(23)15-18/h5-10,15,17H,11-14H2,1-4H3/t17-/m1/s1. The lowest BCUT2D eigenvalue weighted by atomic mass is 10.2. The summed E-state index contributed by atoms with van der Waals surface area (Å²) in [5.74, 6) is -0.0477. The normalized spacial score (nSPS) is 16.2. The molecule has 0 N–H and O–H groups in total. The van der Waals surface area contributed by atoms with Crippen molar-refractivity contribution in [2.75, 3.05) is 43.8 Å². The van der Waals surface area contributed by atoms with Gasteiger partial charge < -0.3 is 9.64 Å². The molecule has 0 unspecified atom stereocenters. The minimum atomic E-state index is -3.83. The van der Waals surface area contributed by atoms with Gasteiger partial charge in [-0.3, -0.25) is 9.10 Å². The number of carbonyl (C=O) groups is 1. The van der Waals surface area contributed by atoms with Crippen LogP contribution in [-0.2, 0) is 24.8 Å². The molecule has 0 spiro atoms. The van der Waals surface area contributed by atoms with Crippen molar-refractivity contribution < 1.29 is 26.4 Å². The van der Waals surface area contributed by atoms with E-state index in [2.05, 4.69) is 0 Å². The van der Waals surface area contributed by atoms with E-state index in [0.29, 0.717) is 5.75 Å². The minimum absolute atomic E-state index is 0.113. The smallest absolute Gasteiger partial charge is 0.246 e. The first-order chi connectivity index (χ1) is 15.9. The minimum Gasteiger partial charge on any atom is -0.495 e. The number of piperazine rings is 1. The molecule has 12 heteroatoms. The van der Waals surface area contributed by atoms with E-state index in [-0.39, 0.29) is 41.8 Å². The predicted octanol–water partition coefficient (Wildman–Crippen LogP) is 2.34. The first-order valence-corrected chi connectivity index (χ1v) is 14.2. The summed E-state index contributed by atoms with van der Waals surface area (Å²) < 4.78 is 58.5. The Labute approximate surface area is 206 Å². The lowest BCUT2D eigenvalue weighted by molar-refractivity contribution is -0.133. The van der Waals surface area contributed by atoms with Crippen LogP contribution in [0.15, 0.2) is 47.4 Å². The molecule has 2 aromatic rings. The van der Waals surface area contributed by atoms with Crippen LogP contribution < -0.4 is 9.04 Å². The molecule has 2 aromatic carbocycles. The van der Waals surface area contributed by atoms with Crippen LogP contribution >= 0.6 is 11.6 Å². The molecule has 1 fully saturated rings. The van der Waals surface area contributed by atoms with E-state index in [1.807, 2.05) is 6.92 Å². The lowest BCUT2D eigenvalue weighted by Gasteiger charge is -2.37. The molecule has 34 heavy (non-hydrogen) atoms. The number of hydrogen-bond donors (Lipinski definition) is 0. The van der Waals surface area contributed by atoms with Crippen LogP contribution in [0.4, 0.5) is 5.69 Å². The van der Waals surface area contributed by atoms with E-state index in [9.17, 15) is 21.6 Å². The first-order valence-electron chi connectivity index (χ1n) is 10.5. The number of anilines is 1. The number of nitrogens with zero attached hydrogens (tertiary/aromatic N) is 3. The zero-order valence-electron chi connectivity index (χ0n) is 19.4. The maximum absolute atomic E-state index is 13.2. The van der Waals surface area contributed by atoms with E-state index in [0.717, 1.165) is 16.1 Å². The van der Waals surface area contributed by atoms with Gasteiger partial charge in [0.2, 0.25) is 26.0 Å².